The first kappa shape index (κ1) is 14.3. The van der Waals surface area contributed by atoms with Gasteiger partial charge in [0.1, 0.15) is 11.9 Å². The van der Waals surface area contributed by atoms with Gasteiger partial charge in [0.15, 0.2) is 0 Å². The molecule has 1 atom stereocenters. The van der Waals surface area contributed by atoms with Crippen molar-refractivity contribution < 1.29 is 4.74 Å². The lowest BCUT2D eigenvalue weighted by Crippen LogP contribution is -2.15. The average molecular weight is 298 g/mol. The van der Waals surface area contributed by atoms with Crippen molar-refractivity contribution in [3.63, 3.8) is 0 Å². The predicted molar refractivity (Wildman–Crippen MR) is 76.5 cm³/mol. The van der Waals surface area contributed by atoms with Crippen molar-refractivity contribution in [3.05, 3.63) is 40.4 Å². The first-order valence-corrected chi connectivity index (χ1v) is 6.66. The molecule has 94 valence electrons. The van der Waals surface area contributed by atoms with Crippen LogP contribution in [0.5, 0.6) is 5.75 Å². The maximum atomic E-state index is 5.90. The van der Waals surface area contributed by atoms with Gasteiger partial charge in [0.05, 0.1) is 0 Å². The minimum atomic E-state index is 0.0234. The lowest BCUT2D eigenvalue weighted by molar-refractivity contribution is 0.265. The molecule has 0 spiro atoms. The number of hydrogen-bond acceptors (Lipinski definition) is 2. The number of ether oxygens (including phenoxy) is 1. The summed E-state index contributed by atoms with van der Waals surface area (Å²) in [6.07, 6.45) is 1.83. The van der Waals surface area contributed by atoms with Crippen molar-refractivity contribution in [2.75, 3.05) is 6.54 Å². The van der Waals surface area contributed by atoms with Crippen molar-refractivity contribution in [1.29, 1.82) is 0 Å². The van der Waals surface area contributed by atoms with Crippen molar-refractivity contribution >= 4 is 15.9 Å². The first-order valence-electron chi connectivity index (χ1n) is 5.87. The van der Waals surface area contributed by atoms with Gasteiger partial charge in [-0.3, -0.25) is 0 Å². The molecule has 0 amide bonds. The Morgan fingerprint density at radius 2 is 2.24 bits per heavy atom. The molecule has 0 fully saturated rings. The molecule has 0 aromatic heterocycles. The van der Waals surface area contributed by atoms with Gasteiger partial charge in [-0.2, -0.15) is 0 Å². The molecule has 2 nitrogen and oxygen atoms in total. The Labute approximate surface area is 112 Å². The van der Waals surface area contributed by atoms with Gasteiger partial charge in [-0.1, -0.05) is 35.5 Å². The fourth-order valence-corrected chi connectivity index (χ4v) is 2.21. The van der Waals surface area contributed by atoms with Crippen LogP contribution in [-0.2, 0) is 6.54 Å². The van der Waals surface area contributed by atoms with Crippen molar-refractivity contribution in [1.82, 2.24) is 5.32 Å². The third kappa shape index (κ3) is 4.17. The third-order valence-electron chi connectivity index (χ3n) is 2.52. The zero-order chi connectivity index (χ0) is 12.8. The largest absolute Gasteiger partial charge is 0.486 e. The van der Waals surface area contributed by atoms with E-state index in [0.29, 0.717) is 0 Å². The highest BCUT2D eigenvalue weighted by atomic mass is 79.9. The monoisotopic (exact) mass is 297 g/mol. The molecule has 0 aliphatic rings. The summed E-state index contributed by atoms with van der Waals surface area (Å²) in [7, 11) is 0. The first-order chi connectivity index (χ1) is 8.08. The van der Waals surface area contributed by atoms with Crippen LogP contribution in [0.15, 0.2) is 29.3 Å². The van der Waals surface area contributed by atoms with Gasteiger partial charge in [-0.15, -0.1) is 0 Å². The summed E-state index contributed by atoms with van der Waals surface area (Å²) in [4.78, 5) is 0. The zero-order valence-electron chi connectivity index (χ0n) is 10.7. The zero-order valence-corrected chi connectivity index (χ0v) is 12.3. The fourth-order valence-electron chi connectivity index (χ4n) is 1.59. The minimum absolute atomic E-state index is 0.0234. The summed E-state index contributed by atoms with van der Waals surface area (Å²) < 4.78 is 6.98. The average Bonchev–Trinajstić information content (AvgIpc) is 2.29. The number of benzene rings is 1. The van der Waals surface area contributed by atoms with E-state index >= 15 is 0 Å². The fraction of sp³-hybridized carbons (Fsp3) is 0.429. The lowest BCUT2D eigenvalue weighted by Gasteiger charge is -2.18. The van der Waals surface area contributed by atoms with E-state index in [2.05, 4.69) is 53.8 Å². The molecule has 0 saturated heterocycles. The summed E-state index contributed by atoms with van der Waals surface area (Å²) in [5.41, 5.74) is 2.31. The van der Waals surface area contributed by atoms with Crippen LogP contribution in [0.3, 0.4) is 0 Å². The highest BCUT2D eigenvalue weighted by molar-refractivity contribution is 9.10. The van der Waals surface area contributed by atoms with Crippen molar-refractivity contribution in [2.24, 2.45) is 0 Å². The molecule has 0 aliphatic heterocycles. The Balaban J connectivity index is 3.01. The van der Waals surface area contributed by atoms with E-state index in [0.717, 1.165) is 28.9 Å². The van der Waals surface area contributed by atoms with Crippen molar-refractivity contribution in [2.45, 2.75) is 33.4 Å². The van der Waals surface area contributed by atoms with Gasteiger partial charge >= 0.3 is 0 Å². The summed E-state index contributed by atoms with van der Waals surface area (Å²) in [5, 5.41) is 3.32. The Bertz CT molecular complexity index is 390. The SMILES string of the molecule is C=CC(C)Oc1c(C)cc(Br)cc1CNCC. The Hall–Kier alpha value is -0.800. The predicted octanol–water partition coefficient (Wildman–Crippen LogP) is 3.82. The molecule has 1 aromatic carbocycles. The second kappa shape index (κ2) is 6.82. The maximum absolute atomic E-state index is 5.90. The topological polar surface area (TPSA) is 21.3 Å². The quantitative estimate of drug-likeness (QED) is 0.806. The molecule has 0 radical (unpaired) electrons. The smallest absolute Gasteiger partial charge is 0.127 e. The van der Waals surface area contributed by atoms with Crippen LogP contribution in [0.25, 0.3) is 0 Å². The highest BCUT2D eigenvalue weighted by Crippen LogP contribution is 2.29. The normalized spacial score (nSPS) is 12.2. The van der Waals surface area contributed by atoms with Crippen LogP contribution in [-0.4, -0.2) is 12.6 Å². The van der Waals surface area contributed by atoms with Gasteiger partial charge < -0.3 is 10.1 Å². The number of nitrogens with one attached hydrogen (secondary N) is 1. The molecule has 1 unspecified atom stereocenters. The van der Waals surface area contributed by atoms with Gasteiger partial charge in [0.25, 0.3) is 0 Å². The molecule has 0 bridgehead atoms. The molecule has 0 heterocycles. The van der Waals surface area contributed by atoms with Crippen LogP contribution in [0.1, 0.15) is 25.0 Å². The summed E-state index contributed by atoms with van der Waals surface area (Å²) >= 11 is 3.52. The highest BCUT2D eigenvalue weighted by Gasteiger charge is 2.10. The van der Waals surface area contributed by atoms with Crippen LogP contribution in [0, 0.1) is 6.92 Å². The van der Waals surface area contributed by atoms with E-state index in [9.17, 15) is 0 Å². The second-order valence-electron chi connectivity index (χ2n) is 4.05. The van der Waals surface area contributed by atoms with E-state index in [4.69, 9.17) is 4.74 Å². The minimum Gasteiger partial charge on any atom is -0.486 e. The lowest BCUT2D eigenvalue weighted by atomic mass is 10.1. The second-order valence-corrected chi connectivity index (χ2v) is 4.97. The Morgan fingerprint density at radius 3 is 2.82 bits per heavy atom. The van der Waals surface area contributed by atoms with Crippen LogP contribution >= 0.6 is 15.9 Å². The molecule has 17 heavy (non-hydrogen) atoms. The standard InChI is InChI=1S/C14H20BrNO/c1-5-11(4)17-14-10(3)7-13(15)8-12(14)9-16-6-2/h5,7-8,11,16H,1,6,9H2,2-4H3. The molecule has 0 aliphatic carbocycles. The summed E-state index contributed by atoms with van der Waals surface area (Å²) in [6, 6.07) is 4.17. The molecule has 0 saturated carbocycles. The van der Waals surface area contributed by atoms with E-state index < -0.39 is 0 Å². The van der Waals surface area contributed by atoms with Gasteiger partial charge in [-0.25, -0.2) is 0 Å². The molecular formula is C14H20BrNO. The molecule has 1 aromatic rings. The van der Waals surface area contributed by atoms with Gasteiger partial charge in [-0.05, 0) is 38.1 Å². The van der Waals surface area contributed by atoms with Crippen LogP contribution < -0.4 is 10.1 Å². The summed E-state index contributed by atoms with van der Waals surface area (Å²) in [5.74, 6) is 0.960. The van der Waals surface area contributed by atoms with Crippen LogP contribution in [0.4, 0.5) is 0 Å². The third-order valence-corrected chi connectivity index (χ3v) is 2.98. The number of rotatable bonds is 6. The van der Waals surface area contributed by atoms with E-state index in [-0.39, 0.29) is 6.10 Å². The van der Waals surface area contributed by atoms with E-state index in [1.165, 1.54) is 5.56 Å². The number of halogens is 1. The van der Waals surface area contributed by atoms with E-state index in [1.807, 2.05) is 6.92 Å². The number of aryl methyl sites for hydroxylation is 1. The maximum Gasteiger partial charge on any atom is 0.127 e. The molecule has 1 rings (SSSR count). The molecule has 1 N–H and O–H groups in total. The van der Waals surface area contributed by atoms with Gasteiger partial charge in [0, 0.05) is 16.6 Å². The van der Waals surface area contributed by atoms with Gasteiger partial charge in [0.2, 0.25) is 0 Å². The molecular weight excluding hydrogens is 278 g/mol. The Morgan fingerprint density at radius 1 is 1.53 bits per heavy atom. The number of hydrogen-bond donors (Lipinski definition) is 1. The Kier molecular flexibility index (Phi) is 5.72. The van der Waals surface area contributed by atoms with Crippen molar-refractivity contribution in [3.8, 4) is 5.75 Å². The van der Waals surface area contributed by atoms with E-state index in [1.54, 1.807) is 6.08 Å². The summed E-state index contributed by atoms with van der Waals surface area (Å²) in [6.45, 7) is 11.7. The molecule has 3 heteroatoms. The van der Waals surface area contributed by atoms with Crippen LogP contribution in [0.2, 0.25) is 0 Å².